The summed E-state index contributed by atoms with van der Waals surface area (Å²) < 4.78 is 27.2. The van der Waals surface area contributed by atoms with Gasteiger partial charge in [-0.05, 0) is 30.2 Å². The van der Waals surface area contributed by atoms with Crippen LogP contribution in [0.25, 0.3) is 0 Å². The Labute approximate surface area is 183 Å². The van der Waals surface area contributed by atoms with E-state index in [-0.39, 0.29) is 5.56 Å². The van der Waals surface area contributed by atoms with Gasteiger partial charge in [0.2, 0.25) is 17.7 Å². The second-order valence-electron chi connectivity index (χ2n) is 7.28. The van der Waals surface area contributed by atoms with Crippen molar-refractivity contribution in [3.8, 4) is 0 Å². The molecule has 1 aliphatic rings. The molecule has 31 heavy (non-hydrogen) atoms. The normalized spacial score (nSPS) is 19.8. The maximum atomic E-state index is 13.6. The van der Waals surface area contributed by atoms with E-state index in [1.165, 1.54) is 18.7 Å². The second-order valence-corrected chi connectivity index (χ2v) is 8.53. The van der Waals surface area contributed by atoms with Crippen molar-refractivity contribution in [3.63, 3.8) is 0 Å². The zero-order valence-corrected chi connectivity index (χ0v) is 17.7. The zero-order valence-electron chi connectivity index (χ0n) is 16.9. The molecule has 3 rings (SSSR count). The molecule has 0 aromatic heterocycles. The Hall–Kier alpha value is -2.78. The summed E-state index contributed by atoms with van der Waals surface area (Å²) >= 11 is 1.44. The molecule has 1 aliphatic heterocycles. The van der Waals surface area contributed by atoms with Crippen LogP contribution >= 0.6 is 11.8 Å². The van der Waals surface area contributed by atoms with Crippen molar-refractivity contribution < 1.29 is 23.2 Å². The molecule has 1 saturated heterocycles. The van der Waals surface area contributed by atoms with Gasteiger partial charge in [-0.1, -0.05) is 30.3 Å². The average molecular weight is 448 g/mol. The first-order valence-corrected chi connectivity index (χ1v) is 10.8. The topological polar surface area (TPSA) is 92.5 Å². The summed E-state index contributed by atoms with van der Waals surface area (Å²) in [6.45, 7) is 1.80. The van der Waals surface area contributed by atoms with E-state index in [0.717, 1.165) is 22.6 Å². The lowest BCUT2D eigenvalue weighted by Gasteiger charge is -2.34. The van der Waals surface area contributed by atoms with Crippen molar-refractivity contribution >= 4 is 29.5 Å². The molecule has 0 bridgehead atoms. The Balaban J connectivity index is 2.02. The van der Waals surface area contributed by atoms with E-state index in [9.17, 15) is 23.2 Å². The number of amides is 3. The quantitative estimate of drug-likeness (QED) is 0.733. The predicted octanol–water partition coefficient (Wildman–Crippen LogP) is 2.18. The molecule has 3 amide bonds. The number of imide groups is 1. The Morgan fingerprint density at radius 2 is 1.84 bits per heavy atom. The summed E-state index contributed by atoms with van der Waals surface area (Å²) in [7, 11) is 0. The molecule has 0 unspecified atom stereocenters. The number of nitrogens with zero attached hydrogens (tertiary/aromatic N) is 1. The van der Waals surface area contributed by atoms with Gasteiger partial charge in [-0.3, -0.25) is 19.3 Å². The third-order valence-corrected chi connectivity index (χ3v) is 6.16. The number of carbonyl (C=O) groups is 3. The predicted molar refractivity (Wildman–Crippen MR) is 114 cm³/mol. The molecule has 164 valence electrons. The number of carbonyl (C=O) groups excluding carboxylic acids is 3. The van der Waals surface area contributed by atoms with Gasteiger partial charge < -0.3 is 11.1 Å². The van der Waals surface area contributed by atoms with Crippen molar-refractivity contribution in [2.24, 2.45) is 5.73 Å². The number of hydrogen-bond donors (Lipinski definition) is 2. The molecule has 9 heteroatoms. The fourth-order valence-electron chi connectivity index (χ4n) is 3.47. The third-order valence-electron chi connectivity index (χ3n) is 4.83. The van der Waals surface area contributed by atoms with Gasteiger partial charge in [0.1, 0.15) is 17.7 Å². The van der Waals surface area contributed by atoms with Crippen LogP contribution in [0.3, 0.4) is 0 Å². The van der Waals surface area contributed by atoms with E-state index in [0.29, 0.717) is 18.4 Å². The molecule has 0 radical (unpaired) electrons. The smallest absolute Gasteiger partial charge is 0.246 e. The zero-order chi connectivity index (χ0) is 22.5. The van der Waals surface area contributed by atoms with Crippen molar-refractivity contribution in [1.82, 2.24) is 10.2 Å². The summed E-state index contributed by atoms with van der Waals surface area (Å²) in [5.41, 5.74) is 6.63. The molecule has 6 nitrogen and oxygen atoms in total. The molecule has 2 aromatic carbocycles. The van der Waals surface area contributed by atoms with E-state index in [2.05, 4.69) is 5.32 Å². The van der Waals surface area contributed by atoms with Crippen molar-refractivity contribution in [1.29, 1.82) is 0 Å². The van der Waals surface area contributed by atoms with Crippen LogP contribution in [0.1, 0.15) is 23.3 Å². The van der Waals surface area contributed by atoms with Crippen LogP contribution in [0.2, 0.25) is 0 Å². The lowest BCUT2D eigenvalue weighted by molar-refractivity contribution is -0.152. The number of halogens is 2. The van der Waals surface area contributed by atoms with Crippen LogP contribution in [-0.2, 0) is 20.8 Å². The maximum Gasteiger partial charge on any atom is 0.246 e. The highest BCUT2D eigenvalue weighted by Gasteiger charge is 2.42. The highest BCUT2D eigenvalue weighted by Crippen LogP contribution is 2.36. The number of benzene rings is 2. The molecule has 1 fully saturated rings. The van der Waals surface area contributed by atoms with E-state index in [1.807, 2.05) is 30.3 Å². The van der Waals surface area contributed by atoms with Crippen LogP contribution in [-0.4, -0.2) is 47.0 Å². The number of nitrogens with one attached hydrogen (secondary N) is 1. The van der Waals surface area contributed by atoms with Crippen LogP contribution in [0.5, 0.6) is 0 Å². The summed E-state index contributed by atoms with van der Waals surface area (Å²) in [6.07, 6.45) is -0.455. The summed E-state index contributed by atoms with van der Waals surface area (Å²) in [6, 6.07) is 9.63. The molecule has 2 aromatic rings. The van der Waals surface area contributed by atoms with Crippen molar-refractivity contribution in [2.45, 2.75) is 30.7 Å². The van der Waals surface area contributed by atoms with Crippen LogP contribution < -0.4 is 11.1 Å². The first-order chi connectivity index (χ1) is 14.8. The molecule has 0 aliphatic carbocycles. The molecule has 1 heterocycles. The minimum atomic E-state index is -1.15. The van der Waals surface area contributed by atoms with E-state index in [1.54, 1.807) is 0 Å². The van der Waals surface area contributed by atoms with Gasteiger partial charge in [0, 0.05) is 18.4 Å². The van der Waals surface area contributed by atoms with Crippen LogP contribution in [0.15, 0.2) is 48.5 Å². The minimum absolute atomic E-state index is 0.0583. The number of rotatable bonds is 5. The first kappa shape index (κ1) is 22.9. The number of hydrogen-bond acceptors (Lipinski definition) is 5. The van der Waals surface area contributed by atoms with E-state index >= 15 is 0 Å². The summed E-state index contributed by atoms with van der Waals surface area (Å²) in [5.74, 6) is -3.05. The first-order valence-electron chi connectivity index (χ1n) is 9.78. The fraction of sp³-hybridized carbons (Fsp3) is 0.318. The molecule has 3 atom stereocenters. The van der Waals surface area contributed by atoms with Crippen LogP contribution in [0.4, 0.5) is 8.78 Å². The van der Waals surface area contributed by atoms with Gasteiger partial charge >= 0.3 is 0 Å². The lowest BCUT2D eigenvalue weighted by atomic mass is 10.0. The minimum Gasteiger partial charge on any atom is -0.353 e. The number of nitrogens with two attached hydrogens (primary N) is 1. The summed E-state index contributed by atoms with van der Waals surface area (Å²) in [5, 5.41) is 2.22. The van der Waals surface area contributed by atoms with Gasteiger partial charge in [0.05, 0.1) is 17.7 Å². The van der Waals surface area contributed by atoms with E-state index < -0.39 is 53.1 Å². The van der Waals surface area contributed by atoms with Crippen molar-refractivity contribution in [2.75, 3.05) is 12.3 Å². The summed E-state index contributed by atoms with van der Waals surface area (Å²) in [4.78, 5) is 40.1. The maximum absolute atomic E-state index is 13.6. The molecule has 0 spiro atoms. The molecule has 0 saturated carbocycles. The van der Waals surface area contributed by atoms with Gasteiger partial charge in [-0.25, -0.2) is 8.78 Å². The van der Waals surface area contributed by atoms with Gasteiger partial charge in [0.25, 0.3) is 0 Å². The third kappa shape index (κ3) is 5.48. The largest absolute Gasteiger partial charge is 0.353 e. The Bertz CT molecular complexity index is 951. The SMILES string of the molecule is C[C@H](N)C(=O)N(C(=O)Cc1cc(F)cc(F)c1)[C@@H]1C(=O)NCCS[C@@H]1c1ccccc1. The monoisotopic (exact) mass is 447 g/mol. The number of thioether (sulfide) groups is 1. The second kappa shape index (κ2) is 10.0. The Kier molecular flexibility index (Phi) is 7.40. The molecular formula is C22H23F2N3O3S. The van der Waals surface area contributed by atoms with Gasteiger partial charge in [0.15, 0.2) is 0 Å². The van der Waals surface area contributed by atoms with Gasteiger partial charge in [-0.2, -0.15) is 0 Å². The lowest BCUT2D eigenvalue weighted by Crippen LogP contribution is -2.57. The average Bonchev–Trinajstić information content (AvgIpc) is 2.90. The Morgan fingerprint density at radius 1 is 1.19 bits per heavy atom. The fourth-order valence-corrected chi connectivity index (χ4v) is 4.73. The van der Waals surface area contributed by atoms with Crippen molar-refractivity contribution in [3.05, 3.63) is 71.3 Å². The van der Waals surface area contributed by atoms with Crippen LogP contribution in [0, 0.1) is 11.6 Å². The Morgan fingerprint density at radius 3 is 2.45 bits per heavy atom. The molecule has 3 N–H and O–H groups in total. The standard InChI is InChI=1S/C22H23F2N3O3S/c1-13(25)22(30)27(18(28)11-14-9-16(23)12-17(24)10-14)19-20(15-5-3-2-4-6-15)31-8-7-26-21(19)29/h2-6,9-10,12-13,19-20H,7-8,11,25H2,1H3,(H,26,29)/t13-,19-,20+/m0/s1. The van der Waals surface area contributed by atoms with Gasteiger partial charge in [-0.15, -0.1) is 11.8 Å². The molecular weight excluding hydrogens is 424 g/mol. The highest BCUT2D eigenvalue weighted by atomic mass is 32.2. The highest BCUT2D eigenvalue weighted by molar-refractivity contribution is 7.99. The van der Waals surface area contributed by atoms with E-state index in [4.69, 9.17) is 5.73 Å².